The fourth-order valence-electron chi connectivity index (χ4n) is 5.74. The highest BCUT2D eigenvalue weighted by Gasteiger charge is 2.73. The van der Waals surface area contributed by atoms with Gasteiger partial charge in [0.1, 0.15) is 11.6 Å². The summed E-state index contributed by atoms with van der Waals surface area (Å²) in [5.41, 5.74) is -1.51. The second-order valence-corrected chi connectivity index (χ2v) is 10.6. The molecule has 2 saturated heterocycles. The fourth-order valence-corrected chi connectivity index (χ4v) is 5.74. The molecule has 3 heterocycles. The predicted octanol–water partition coefficient (Wildman–Crippen LogP) is 1.91. The van der Waals surface area contributed by atoms with Crippen LogP contribution in [0.5, 0.6) is 0 Å². The Labute approximate surface area is 179 Å². The predicted molar refractivity (Wildman–Crippen MR) is 112 cm³/mol. The average Bonchev–Trinajstić information content (AvgIpc) is 3.28. The number of nitrogens with zero attached hydrogens (tertiary/aromatic N) is 1. The van der Waals surface area contributed by atoms with E-state index in [2.05, 4.69) is 10.6 Å². The lowest BCUT2D eigenvalue weighted by Crippen LogP contribution is -2.59. The van der Waals surface area contributed by atoms with Crippen molar-refractivity contribution in [2.45, 2.75) is 102 Å². The molecule has 0 aromatic carbocycles. The molecule has 4 rings (SSSR count). The number of carbonyl (C=O) groups is 3. The van der Waals surface area contributed by atoms with Gasteiger partial charge in [0.15, 0.2) is 0 Å². The van der Waals surface area contributed by atoms with Crippen LogP contribution < -0.4 is 10.6 Å². The van der Waals surface area contributed by atoms with Gasteiger partial charge in [-0.15, -0.1) is 0 Å². The fraction of sp³-hybridized carbons (Fsp3) is 0.783. The Morgan fingerprint density at radius 3 is 2.43 bits per heavy atom. The summed E-state index contributed by atoms with van der Waals surface area (Å²) in [7, 11) is 0. The molecule has 1 spiro atoms. The highest BCUT2D eigenvalue weighted by Crippen LogP contribution is 2.55. The Bertz CT molecular complexity index is 765. The lowest BCUT2D eigenvalue weighted by atomic mass is 9.74. The third-order valence-corrected chi connectivity index (χ3v) is 6.87. The minimum absolute atomic E-state index is 0.114. The van der Waals surface area contributed by atoms with E-state index >= 15 is 0 Å². The quantitative estimate of drug-likeness (QED) is 0.684. The molecule has 166 valence electrons. The van der Waals surface area contributed by atoms with Crippen LogP contribution in [0.25, 0.3) is 0 Å². The molecule has 3 aliphatic heterocycles. The van der Waals surface area contributed by atoms with Gasteiger partial charge in [0, 0.05) is 17.6 Å². The van der Waals surface area contributed by atoms with E-state index in [0.717, 1.165) is 25.7 Å². The van der Waals surface area contributed by atoms with Crippen LogP contribution in [0.1, 0.15) is 66.7 Å². The second kappa shape index (κ2) is 7.36. The number of likely N-dealkylation sites (tertiary alicyclic amines) is 1. The third-order valence-electron chi connectivity index (χ3n) is 6.87. The molecule has 1 aliphatic carbocycles. The molecule has 2 N–H and O–H groups in total. The molecule has 0 aromatic heterocycles. The number of nitrogens with one attached hydrogen (secondary N) is 2. The van der Waals surface area contributed by atoms with Crippen molar-refractivity contribution in [3.05, 3.63) is 12.2 Å². The maximum Gasteiger partial charge on any atom is 0.246 e. The summed E-state index contributed by atoms with van der Waals surface area (Å²) < 4.78 is 6.31. The molecule has 7 heteroatoms. The maximum absolute atomic E-state index is 13.6. The third kappa shape index (κ3) is 3.35. The largest absolute Gasteiger partial charge is 0.359 e. The monoisotopic (exact) mass is 417 g/mol. The molecule has 30 heavy (non-hydrogen) atoms. The number of carbonyl (C=O) groups excluding carboxylic acids is 3. The van der Waals surface area contributed by atoms with Crippen molar-refractivity contribution < 1.29 is 19.1 Å². The SMILES string of the molecule is CC(C)N1C(=O)[C@H]2[C@@H](C(=O)NC3CCCCC3)[C@H]3C=C[C@]2(O3)[C@H]1C(=O)NC(C)(C)C. The first kappa shape index (κ1) is 21.3. The van der Waals surface area contributed by atoms with E-state index in [1.54, 1.807) is 4.90 Å². The van der Waals surface area contributed by atoms with E-state index in [1.807, 2.05) is 46.8 Å². The molecule has 0 aromatic rings. The molecular weight excluding hydrogens is 382 g/mol. The van der Waals surface area contributed by atoms with Gasteiger partial charge < -0.3 is 20.3 Å². The van der Waals surface area contributed by atoms with Crippen molar-refractivity contribution in [2.75, 3.05) is 0 Å². The van der Waals surface area contributed by atoms with Gasteiger partial charge in [-0.1, -0.05) is 31.4 Å². The topological polar surface area (TPSA) is 87.7 Å². The van der Waals surface area contributed by atoms with Crippen LogP contribution in [-0.4, -0.2) is 58.0 Å². The number of hydrogen-bond donors (Lipinski definition) is 2. The number of amides is 3. The van der Waals surface area contributed by atoms with Gasteiger partial charge in [0.2, 0.25) is 17.7 Å². The van der Waals surface area contributed by atoms with Gasteiger partial charge in [0.05, 0.1) is 17.9 Å². The standard InChI is InChI=1S/C23H35N3O4/c1-13(2)26-18(20(28)25-22(3,4)5)23-12-11-15(30-23)16(17(23)21(26)29)19(27)24-14-9-7-6-8-10-14/h11-18H,6-10H2,1-5H3,(H,24,27)(H,25,28)/t15-,16+,17-,18-,23-/m1/s1. The van der Waals surface area contributed by atoms with Crippen LogP contribution in [-0.2, 0) is 19.1 Å². The Morgan fingerprint density at radius 1 is 1.17 bits per heavy atom. The van der Waals surface area contributed by atoms with Gasteiger partial charge in [-0.2, -0.15) is 0 Å². The van der Waals surface area contributed by atoms with Crippen molar-refractivity contribution in [3.8, 4) is 0 Å². The number of ether oxygens (including phenoxy) is 1. The Kier molecular flexibility index (Phi) is 5.24. The first-order valence-corrected chi connectivity index (χ1v) is 11.4. The molecule has 0 radical (unpaired) electrons. The van der Waals surface area contributed by atoms with E-state index < -0.39 is 35.1 Å². The average molecular weight is 418 g/mol. The molecule has 4 aliphatic rings. The van der Waals surface area contributed by atoms with Gasteiger partial charge in [-0.3, -0.25) is 14.4 Å². The molecule has 3 fully saturated rings. The minimum atomic E-state index is -1.07. The van der Waals surface area contributed by atoms with Crippen LogP contribution in [0.2, 0.25) is 0 Å². The number of fused-ring (bicyclic) bond motifs is 1. The van der Waals surface area contributed by atoms with Crippen LogP contribution in [0.3, 0.4) is 0 Å². The first-order valence-electron chi connectivity index (χ1n) is 11.4. The normalized spacial score (nSPS) is 35.8. The highest BCUT2D eigenvalue weighted by atomic mass is 16.5. The summed E-state index contributed by atoms with van der Waals surface area (Å²) >= 11 is 0. The summed E-state index contributed by atoms with van der Waals surface area (Å²) in [6.45, 7) is 9.56. The van der Waals surface area contributed by atoms with Crippen LogP contribution in [0, 0.1) is 11.8 Å². The smallest absolute Gasteiger partial charge is 0.246 e. The lowest BCUT2D eigenvalue weighted by Gasteiger charge is -2.36. The Hall–Kier alpha value is -1.89. The zero-order chi connectivity index (χ0) is 21.8. The van der Waals surface area contributed by atoms with Crippen LogP contribution in [0.4, 0.5) is 0 Å². The van der Waals surface area contributed by atoms with Crippen LogP contribution >= 0.6 is 0 Å². The molecule has 1 saturated carbocycles. The first-order chi connectivity index (χ1) is 14.0. The molecule has 2 bridgehead atoms. The van der Waals surface area contributed by atoms with Gasteiger partial charge in [-0.25, -0.2) is 0 Å². The van der Waals surface area contributed by atoms with Crippen molar-refractivity contribution in [1.29, 1.82) is 0 Å². The summed E-state index contributed by atoms with van der Waals surface area (Å²) in [6, 6.07) is -0.780. The molecule has 0 unspecified atom stereocenters. The van der Waals surface area contributed by atoms with E-state index in [1.165, 1.54) is 6.42 Å². The zero-order valence-corrected chi connectivity index (χ0v) is 18.7. The Morgan fingerprint density at radius 2 is 1.83 bits per heavy atom. The summed E-state index contributed by atoms with van der Waals surface area (Å²) in [5, 5.41) is 6.20. The summed E-state index contributed by atoms with van der Waals surface area (Å²) in [4.78, 5) is 41.8. The molecule has 7 nitrogen and oxygen atoms in total. The minimum Gasteiger partial charge on any atom is -0.359 e. The van der Waals surface area contributed by atoms with Gasteiger partial charge in [0.25, 0.3) is 0 Å². The van der Waals surface area contributed by atoms with Crippen molar-refractivity contribution in [2.24, 2.45) is 11.8 Å². The summed E-state index contributed by atoms with van der Waals surface area (Å²) in [6.07, 6.45) is 8.70. The maximum atomic E-state index is 13.6. The van der Waals surface area contributed by atoms with Gasteiger partial charge in [-0.05, 0) is 47.5 Å². The lowest BCUT2D eigenvalue weighted by molar-refractivity contribution is -0.144. The van der Waals surface area contributed by atoms with Crippen molar-refractivity contribution in [3.63, 3.8) is 0 Å². The van der Waals surface area contributed by atoms with Crippen LogP contribution in [0.15, 0.2) is 12.2 Å². The summed E-state index contributed by atoms with van der Waals surface area (Å²) in [5.74, 6) is -1.75. The van der Waals surface area contributed by atoms with Crippen molar-refractivity contribution in [1.82, 2.24) is 15.5 Å². The second-order valence-electron chi connectivity index (χ2n) is 10.6. The molecule has 3 amide bonds. The van der Waals surface area contributed by atoms with E-state index in [-0.39, 0.29) is 29.8 Å². The molecular formula is C23H35N3O4. The number of hydrogen-bond acceptors (Lipinski definition) is 4. The Balaban J connectivity index is 1.64. The zero-order valence-electron chi connectivity index (χ0n) is 18.7. The van der Waals surface area contributed by atoms with Crippen molar-refractivity contribution >= 4 is 17.7 Å². The highest BCUT2D eigenvalue weighted by molar-refractivity contribution is 6.00. The van der Waals surface area contributed by atoms with E-state index in [9.17, 15) is 14.4 Å². The van der Waals surface area contributed by atoms with E-state index in [0.29, 0.717) is 0 Å². The van der Waals surface area contributed by atoms with Gasteiger partial charge >= 0.3 is 0 Å². The van der Waals surface area contributed by atoms with E-state index in [4.69, 9.17) is 4.74 Å². The number of rotatable bonds is 4. The molecule has 5 atom stereocenters.